The molecule has 1 aromatic carbocycles. The molecule has 1 fully saturated rings. The second-order valence-corrected chi connectivity index (χ2v) is 7.48. The van der Waals surface area contributed by atoms with Gasteiger partial charge in [0.2, 0.25) is 5.91 Å². The van der Waals surface area contributed by atoms with E-state index in [0.717, 1.165) is 56.1 Å². The van der Waals surface area contributed by atoms with Gasteiger partial charge in [-0.25, -0.2) is 4.99 Å². The van der Waals surface area contributed by atoms with Crippen molar-refractivity contribution in [2.45, 2.75) is 45.6 Å². The van der Waals surface area contributed by atoms with Gasteiger partial charge in [-0.1, -0.05) is 12.1 Å². The van der Waals surface area contributed by atoms with Crippen LogP contribution in [-0.4, -0.2) is 43.5 Å². The first-order chi connectivity index (χ1) is 12.7. The zero-order valence-electron chi connectivity index (χ0n) is 16.1. The fraction of sp³-hybridized carbons (Fsp3) is 0.600. The molecule has 1 amide bonds. The minimum atomic E-state index is 0.238. The van der Waals surface area contributed by atoms with E-state index in [9.17, 15) is 4.79 Å². The van der Waals surface area contributed by atoms with Gasteiger partial charge in [0.05, 0.1) is 6.54 Å². The molecular weight excluding hydrogens is 344 g/mol. The summed E-state index contributed by atoms with van der Waals surface area (Å²) in [5.41, 5.74) is 2.15. The molecule has 1 aliphatic rings. The molecule has 0 saturated carbocycles. The summed E-state index contributed by atoms with van der Waals surface area (Å²) in [6, 6.07) is 8.22. The molecule has 1 aromatic rings. The van der Waals surface area contributed by atoms with Crippen LogP contribution in [0.3, 0.4) is 0 Å². The average molecular weight is 377 g/mol. The molecule has 1 saturated heterocycles. The molecule has 0 unspecified atom stereocenters. The van der Waals surface area contributed by atoms with Gasteiger partial charge in [-0.3, -0.25) is 4.79 Å². The summed E-state index contributed by atoms with van der Waals surface area (Å²) in [6.45, 7) is 5.35. The highest BCUT2D eigenvalue weighted by Gasteiger charge is 2.19. The predicted molar refractivity (Wildman–Crippen MR) is 113 cm³/mol. The average Bonchev–Trinajstić information content (AvgIpc) is 2.67. The standard InChI is InChI=1S/C20H32N4OS/c1-3-21-20(22-13-5-7-15-26-2)23-16-17-9-11-18(12-10-17)24-14-6-4-8-19(24)25/h9-12H,3-8,13-16H2,1-2H3,(H2,21,22,23). The third-order valence-electron chi connectivity index (χ3n) is 4.40. The number of hydrogen-bond acceptors (Lipinski definition) is 3. The van der Waals surface area contributed by atoms with Crippen molar-refractivity contribution in [2.24, 2.45) is 4.99 Å². The van der Waals surface area contributed by atoms with Crippen molar-refractivity contribution < 1.29 is 4.79 Å². The maximum Gasteiger partial charge on any atom is 0.226 e. The molecule has 2 rings (SSSR count). The Morgan fingerprint density at radius 3 is 2.69 bits per heavy atom. The number of guanidine groups is 1. The summed E-state index contributed by atoms with van der Waals surface area (Å²) in [5, 5.41) is 6.69. The minimum Gasteiger partial charge on any atom is -0.357 e. The zero-order chi connectivity index (χ0) is 18.6. The maximum absolute atomic E-state index is 12.0. The van der Waals surface area contributed by atoms with Crippen LogP contribution in [0.4, 0.5) is 5.69 Å². The Labute approximate surface area is 162 Å². The van der Waals surface area contributed by atoms with E-state index < -0.39 is 0 Å². The first-order valence-corrected chi connectivity index (χ1v) is 11.0. The Kier molecular flexibility index (Phi) is 9.39. The highest BCUT2D eigenvalue weighted by atomic mass is 32.2. The lowest BCUT2D eigenvalue weighted by atomic mass is 10.1. The Hall–Kier alpha value is -1.69. The molecule has 1 aliphatic heterocycles. The number of carbonyl (C=O) groups is 1. The number of nitrogens with one attached hydrogen (secondary N) is 2. The van der Waals surface area contributed by atoms with Gasteiger partial charge < -0.3 is 15.5 Å². The number of carbonyl (C=O) groups excluding carboxylic acids is 1. The van der Waals surface area contributed by atoms with Gasteiger partial charge in [0, 0.05) is 31.7 Å². The fourth-order valence-electron chi connectivity index (χ4n) is 2.95. The first kappa shape index (κ1) is 20.6. The molecule has 0 aliphatic carbocycles. The zero-order valence-corrected chi connectivity index (χ0v) is 16.9. The van der Waals surface area contributed by atoms with Crippen molar-refractivity contribution in [1.82, 2.24) is 10.6 Å². The monoisotopic (exact) mass is 376 g/mol. The second kappa shape index (κ2) is 11.8. The lowest BCUT2D eigenvalue weighted by Gasteiger charge is -2.26. The van der Waals surface area contributed by atoms with E-state index in [4.69, 9.17) is 0 Å². The molecule has 144 valence electrons. The highest BCUT2D eigenvalue weighted by molar-refractivity contribution is 7.98. The van der Waals surface area contributed by atoms with Gasteiger partial charge in [0.1, 0.15) is 0 Å². The number of hydrogen-bond donors (Lipinski definition) is 2. The molecule has 0 spiro atoms. The Balaban J connectivity index is 1.86. The number of rotatable bonds is 9. The number of amides is 1. The lowest BCUT2D eigenvalue weighted by molar-refractivity contribution is -0.119. The molecule has 5 nitrogen and oxygen atoms in total. The van der Waals surface area contributed by atoms with Gasteiger partial charge >= 0.3 is 0 Å². The molecule has 26 heavy (non-hydrogen) atoms. The molecular formula is C20H32N4OS. The van der Waals surface area contributed by atoms with E-state index in [-0.39, 0.29) is 5.91 Å². The van der Waals surface area contributed by atoms with Crippen LogP contribution in [0.15, 0.2) is 29.3 Å². The lowest BCUT2D eigenvalue weighted by Crippen LogP contribution is -2.37. The SMILES string of the molecule is CCNC(=NCc1ccc(N2CCCCC2=O)cc1)NCCCCSC. The van der Waals surface area contributed by atoms with Crippen LogP contribution in [0, 0.1) is 0 Å². The third kappa shape index (κ3) is 6.90. The molecule has 0 aromatic heterocycles. The van der Waals surface area contributed by atoms with Gasteiger partial charge in [0.25, 0.3) is 0 Å². The van der Waals surface area contributed by atoms with E-state index in [1.807, 2.05) is 28.8 Å². The number of thioether (sulfide) groups is 1. The van der Waals surface area contributed by atoms with Crippen molar-refractivity contribution in [3.63, 3.8) is 0 Å². The Morgan fingerprint density at radius 1 is 1.19 bits per heavy atom. The van der Waals surface area contributed by atoms with Gasteiger partial charge in [-0.05, 0) is 62.3 Å². The molecule has 0 radical (unpaired) electrons. The molecule has 1 heterocycles. The van der Waals surface area contributed by atoms with Crippen molar-refractivity contribution >= 4 is 29.3 Å². The van der Waals surface area contributed by atoms with E-state index in [2.05, 4.69) is 40.9 Å². The van der Waals surface area contributed by atoms with Crippen molar-refractivity contribution in [3.8, 4) is 0 Å². The maximum atomic E-state index is 12.0. The minimum absolute atomic E-state index is 0.238. The van der Waals surface area contributed by atoms with Crippen LogP contribution in [0.1, 0.15) is 44.6 Å². The molecule has 0 atom stereocenters. The summed E-state index contributed by atoms with van der Waals surface area (Å²) in [5.74, 6) is 2.32. The number of piperidine rings is 1. The summed E-state index contributed by atoms with van der Waals surface area (Å²) in [4.78, 5) is 18.6. The number of anilines is 1. The molecule has 6 heteroatoms. The first-order valence-electron chi connectivity index (χ1n) is 9.65. The van der Waals surface area contributed by atoms with E-state index in [1.54, 1.807) is 0 Å². The largest absolute Gasteiger partial charge is 0.357 e. The summed E-state index contributed by atoms with van der Waals surface area (Å²) >= 11 is 1.89. The topological polar surface area (TPSA) is 56.7 Å². The van der Waals surface area contributed by atoms with Crippen molar-refractivity contribution in [2.75, 3.05) is 36.5 Å². The Morgan fingerprint density at radius 2 is 2.00 bits per heavy atom. The van der Waals surface area contributed by atoms with Crippen LogP contribution in [0.25, 0.3) is 0 Å². The highest BCUT2D eigenvalue weighted by Crippen LogP contribution is 2.21. The number of unbranched alkanes of at least 4 members (excludes halogenated alkanes) is 1. The summed E-state index contributed by atoms with van der Waals surface area (Å²) < 4.78 is 0. The number of nitrogens with zero attached hydrogens (tertiary/aromatic N) is 2. The summed E-state index contributed by atoms with van der Waals surface area (Å²) in [7, 11) is 0. The predicted octanol–water partition coefficient (Wildman–Crippen LogP) is 3.40. The normalized spacial score (nSPS) is 15.2. The van der Waals surface area contributed by atoms with Crippen LogP contribution in [0.5, 0.6) is 0 Å². The Bertz CT molecular complexity index is 574. The number of aliphatic imine (C=N–C) groups is 1. The van der Waals surface area contributed by atoms with Crippen molar-refractivity contribution in [3.05, 3.63) is 29.8 Å². The molecule has 2 N–H and O–H groups in total. The van der Waals surface area contributed by atoms with E-state index >= 15 is 0 Å². The van der Waals surface area contributed by atoms with Gasteiger partial charge in [-0.2, -0.15) is 11.8 Å². The van der Waals surface area contributed by atoms with Crippen LogP contribution >= 0.6 is 11.8 Å². The fourth-order valence-corrected chi connectivity index (χ4v) is 3.44. The second-order valence-electron chi connectivity index (χ2n) is 6.49. The quantitative estimate of drug-likeness (QED) is 0.394. The van der Waals surface area contributed by atoms with Gasteiger partial charge in [-0.15, -0.1) is 0 Å². The summed E-state index contributed by atoms with van der Waals surface area (Å²) in [6.07, 6.45) is 7.30. The van der Waals surface area contributed by atoms with Gasteiger partial charge in [0.15, 0.2) is 5.96 Å². The number of benzene rings is 1. The van der Waals surface area contributed by atoms with E-state index in [0.29, 0.717) is 13.0 Å². The third-order valence-corrected chi connectivity index (χ3v) is 5.10. The van der Waals surface area contributed by atoms with E-state index in [1.165, 1.54) is 12.2 Å². The molecule has 0 bridgehead atoms. The van der Waals surface area contributed by atoms with Crippen LogP contribution < -0.4 is 15.5 Å². The van der Waals surface area contributed by atoms with Crippen molar-refractivity contribution in [1.29, 1.82) is 0 Å². The smallest absolute Gasteiger partial charge is 0.226 e. The van der Waals surface area contributed by atoms with Crippen LogP contribution in [-0.2, 0) is 11.3 Å². The van der Waals surface area contributed by atoms with Crippen LogP contribution in [0.2, 0.25) is 0 Å².